The topological polar surface area (TPSA) is 132 Å². The fourth-order valence-corrected chi connectivity index (χ4v) is 2.81. The molecule has 3 rings (SSSR count). The molecule has 164 valence electrons. The van der Waals surface area contributed by atoms with E-state index in [1.165, 1.54) is 49.6 Å². The Balaban J connectivity index is 1.84. The lowest BCUT2D eigenvalue weighted by molar-refractivity contribution is -0.384. The van der Waals surface area contributed by atoms with E-state index in [1.807, 2.05) is 0 Å². The molecule has 0 saturated heterocycles. The molecule has 0 aliphatic rings. The lowest BCUT2D eigenvalue weighted by atomic mass is 10.1. The van der Waals surface area contributed by atoms with Gasteiger partial charge < -0.3 is 14.8 Å². The van der Waals surface area contributed by atoms with Crippen molar-refractivity contribution >= 4 is 29.3 Å². The molecule has 0 aliphatic carbocycles. The molecule has 3 aromatic carbocycles. The summed E-state index contributed by atoms with van der Waals surface area (Å²) < 4.78 is 10.7. The Bertz CT molecular complexity index is 1280. The highest BCUT2D eigenvalue weighted by Crippen LogP contribution is 2.30. The quantitative estimate of drug-likeness (QED) is 0.143. The fourth-order valence-electron chi connectivity index (χ4n) is 2.81. The second-order valence-electron chi connectivity index (χ2n) is 6.60. The molecule has 1 amide bonds. The van der Waals surface area contributed by atoms with Gasteiger partial charge in [-0.1, -0.05) is 30.3 Å². The number of esters is 1. The van der Waals surface area contributed by atoms with E-state index in [1.54, 1.807) is 42.5 Å². The molecule has 3 aromatic rings. The number of hydrogen-bond acceptors (Lipinski definition) is 7. The first-order valence-corrected chi connectivity index (χ1v) is 9.54. The van der Waals surface area contributed by atoms with Crippen molar-refractivity contribution in [3.8, 4) is 17.6 Å². The van der Waals surface area contributed by atoms with Crippen molar-refractivity contribution in [2.45, 2.75) is 0 Å². The molecule has 1 N–H and O–H groups in total. The molecular weight excluding hydrogens is 426 g/mol. The summed E-state index contributed by atoms with van der Waals surface area (Å²) in [6, 6.07) is 20.1. The van der Waals surface area contributed by atoms with Crippen LogP contribution in [0.15, 0.2) is 78.4 Å². The van der Waals surface area contributed by atoms with Crippen LogP contribution in [0.3, 0.4) is 0 Å². The minimum atomic E-state index is -0.753. The highest BCUT2D eigenvalue weighted by Gasteiger charge is 2.15. The van der Waals surface area contributed by atoms with Crippen LogP contribution >= 0.6 is 0 Å². The molecule has 0 heterocycles. The third-order valence-electron chi connectivity index (χ3n) is 4.39. The largest absolute Gasteiger partial charge is 0.493 e. The Morgan fingerprint density at radius 1 is 1.03 bits per heavy atom. The maximum Gasteiger partial charge on any atom is 0.343 e. The molecule has 9 nitrogen and oxygen atoms in total. The summed E-state index contributed by atoms with van der Waals surface area (Å²) >= 11 is 0. The van der Waals surface area contributed by atoms with Crippen molar-refractivity contribution in [1.29, 1.82) is 5.26 Å². The summed E-state index contributed by atoms with van der Waals surface area (Å²) in [6.45, 7) is 0. The van der Waals surface area contributed by atoms with E-state index < -0.39 is 16.8 Å². The maximum absolute atomic E-state index is 12.5. The molecule has 0 spiro atoms. The average Bonchev–Trinajstić information content (AvgIpc) is 2.83. The minimum Gasteiger partial charge on any atom is -0.493 e. The normalized spacial score (nSPS) is 10.6. The first kappa shape index (κ1) is 22.7. The number of methoxy groups -OCH3 is 1. The monoisotopic (exact) mass is 443 g/mol. The molecule has 0 aliphatic heterocycles. The Morgan fingerprint density at radius 2 is 1.79 bits per heavy atom. The number of rotatable bonds is 7. The van der Waals surface area contributed by atoms with Crippen molar-refractivity contribution < 1.29 is 24.0 Å². The van der Waals surface area contributed by atoms with Gasteiger partial charge in [-0.15, -0.1) is 0 Å². The number of nitriles is 1. The zero-order valence-electron chi connectivity index (χ0n) is 17.3. The van der Waals surface area contributed by atoms with E-state index in [0.717, 1.165) is 0 Å². The number of carbonyl (C=O) groups excluding carboxylic acids is 2. The van der Waals surface area contributed by atoms with Crippen molar-refractivity contribution in [2.75, 3.05) is 12.4 Å². The zero-order valence-corrected chi connectivity index (χ0v) is 17.3. The van der Waals surface area contributed by atoms with Gasteiger partial charge in [-0.2, -0.15) is 5.26 Å². The number of nitro benzene ring substituents is 1. The van der Waals surface area contributed by atoms with Gasteiger partial charge in [0.1, 0.15) is 11.6 Å². The van der Waals surface area contributed by atoms with Crippen LogP contribution in [0.5, 0.6) is 11.5 Å². The predicted molar refractivity (Wildman–Crippen MR) is 120 cm³/mol. The average molecular weight is 443 g/mol. The lowest BCUT2D eigenvalue weighted by Gasteiger charge is -2.10. The van der Waals surface area contributed by atoms with Gasteiger partial charge >= 0.3 is 5.97 Å². The molecular formula is C24H17N3O6. The maximum atomic E-state index is 12.5. The second-order valence-corrected chi connectivity index (χ2v) is 6.60. The molecule has 0 bridgehead atoms. The van der Waals surface area contributed by atoms with Gasteiger partial charge in [-0.25, -0.2) is 4.79 Å². The van der Waals surface area contributed by atoms with Gasteiger partial charge in [0.2, 0.25) is 0 Å². The van der Waals surface area contributed by atoms with Crippen LogP contribution in [0.1, 0.15) is 15.9 Å². The number of hydrogen-bond donors (Lipinski definition) is 1. The first-order chi connectivity index (χ1) is 15.9. The molecule has 9 heteroatoms. The van der Waals surface area contributed by atoms with Gasteiger partial charge in [-0.05, 0) is 42.0 Å². The third-order valence-corrected chi connectivity index (χ3v) is 4.39. The van der Waals surface area contributed by atoms with Crippen LogP contribution in [0.25, 0.3) is 6.08 Å². The van der Waals surface area contributed by atoms with E-state index in [-0.39, 0.29) is 28.4 Å². The summed E-state index contributed by atoms with van der Waals surface area (Å²) in [5, 5.41) is 22.8. The highest BCUT2D eigenvalue weighted by molar-refractivity contribution is 6.09. The highest BCUT2D eigenvalue weighted by atomic mass is 16.6. The summed E-state index contributed by atoms with van der Waals surface area (Å²) in [5.74, 6) is -0.955. The van der Waals surface area contributed by atoms with Crippen molar-refractivity contribution in [3.63, 3.8) is 0 Å². The van der Waals surface area contributed by atoms with Gasteiger partial charge in [-0.3, -0.25) is 14.9 Å². The van der Waals surface area contributed by atoms with E-state index in [2.05, 4.69) is 5.32 Å². The zero-order chi connectivity index (χ0) is 23.8. The van der Waals surface area contributed by atoms with Gasteiger partial charge in [0, 0.05) is 17.8 Å². The number of nitrogens with one attached hydrogen (secondary N) is 1. The molecule has 0 saturated carbocycles. The van der Waals surface area contributed by atoms with E-state index >= 15 is 0 Å². The van der Waals surface area contributed by atoms with Gasteiger partial charge in [0.05, 0.1) is 17.6 Å². The van der Waals surface area contributed by atoms with Crippen molar-refractivity contribution in [2.24, 2.45) is 0 Å². The van der Waals surface area contributed by atoms with Crippen molar-refractivity contribution in [1.82, 2.24) is 0 Å². The minimum absolute atomic E-state index is 0.108. The van der Waals surface area contributed by atoms with Crippen LogP contribution in [0, 0.1) is 21.4 Å². The molecule has 0 aromatic heterocycles. The Labute approximate surface area is 188 Å². The van der Waals surface area contributed by atoms with Crippen LogP contribution < -0.4 is 14.8 Å². The molecule has 0 radical (unpaired) electrons. The number of amides is 1. The first-order valence-electron chi connectivity index (χ1n) is 9.54. The summed E-state index contributed by atoms with van der Waals surface area (Å²) in [4.78, 5) is 35.2. The summed E-state index contributed by atoms with van der Waals surface area (Å²) in [6.07, 6.45) is 1.30. The third kappa shape index (κ3) is 5.80. The predicted octanol–water partition coefficient (Wildman–Crippen LogP) is 4.37. The molecule has 0 fully saturated rings. The number of nitrogens with zero attached hydrogens (tertiary/aromatic N) is 2. The van der Waals surface area contributed by atoms with E-state index in [4.69, 9.17) is 9.47 Å². The Morgan fingerprint density at radius 3 is 2.45 bits per heavy atom. The Kier molecular flexibility index (Phi) is 7.13. The summed E-state index contributed by atoms with van der Waals surface area (Å²) in [5.41, 5.74) is 0.455. The SMILES string of the molecule is COc1ccc(/C=C(\C#N)C(=O)Nc2cccc([N+](=O)[O-])c2)cc1OC(=O)c1ccccc1. The number of ether oxygens (including phenoxy) is 2. The molecule has 0 unspecified atom stereocenters. The standard InChI is InChI=1S/C24H17N3O6/c1-32-21-11-10-16(13-22(21)33-24(29)17-6-3-2-4-7-17)12-18(15-25)23(28)26-19-8-5-9-20(14-19)27(30)31/h2-14H,1H3,(H,26,28)/b18-12+. The van der Waals surface area contributed by atoms with Crippen molar-refractivity contribution in [3.05, 3.63) is 99.6 Å². The fraction of sp³-hybridized carbons (Fsp3) is 0.0417. The molecule has 0 atom stereocenters. The number of nitro groups is 1. The summed E-state index contributed by atoms with van der Waals surface area (Å²) in [7, 11) is 1.41. The lowest BCUT2D eigenvalue weighted by Crippen LogP contribution is -2.13. The number of non-ortho nitro benzene ring substituents is 1. The van der Waals surface area contributed by atoms with Crippen LogP contribution in [0.2, 0.25) is 0 Å². The number of carbonyl (C=O) groups is 2. The number of benzene rings is 3. The van der Waals surface area contributed by atoms with Gasteiger partial charge in [0.15, 0.2) is 11.5 Å². The Hall–Kier alpha value is -4.97. The second kappa shape index (κ2) is 10.4. The number of anilines is 1. The van der Waals surface area contributed by atoms with Gasteiger partial charge in [0.25, 0.3) is 11.6 Å². The van der Waals surface area contributed by atoms with Crippen LogP contribution in [0.4, 0.5) is 11.4 Å². The molecule has 33 heavy (non-hydrogen) atoms. The van der Waals surface area contributed by atoms with Crippen LogP contribution in [-0.2, 0) is 4.79 Å². The van der Waals surface area contributed by atoms with E-state index in [0.29, 0.717) is 11.1 Å². The van der Waals surface area contributed by atoms with E-state index in [9.17, 15) is 25.0 Å². The smallest absolute Gasteiger partial charge is 0.343 e. The van der Waals surface area contributed by atoms with Crippen LogP contribution in [-0.4, -0.2) is 23.9 Å².